The fourth-order valence-corrected chi connectivity index (χ4v) is 8.91. The number of rotatable bonds is 2. The summed E-state index contributed by atoms with van der Waals surface area (Å²) in [5.41, 5.74) is 0.971. The molecule has 0 bridgehead atoms. The second-order valence-electron chi connectivity index (χ2n) is 11.4. The maximum atomic E-state index is 13.5. The summed E-state index contributed by atoms with van der Waals surface area (Å²) >= 11 is 0. The number of Topliss-reactive ketones (excluding diaryl/α,β-unsaturated/α-hetero) is 1. The van der Waals surface area contributed by atoms with Gasteiger partial charge in [0, 0.05) is 13.5 Å². The lowest BCUT2D eigenvalue weighted by Crippen LogP contribution is -2.57. The van der Waals surface area contributed by atoms with Crippen LogP contribution in [0.15, 0.2) is 11.6 Å². The summed E-state index contributed by atoms with van der Waals surface area (Å²) in [6.07, 6.45) is 10.9. The molecule has 4 unspecified atom stereocenters. The summed E-state index contributed by atoms with van der Waals surface area (Å²) in [5, 5.41) is 21.5. The Hall–Kier alpha value is -0.710. The Morgan fingerprint density at radius 2 is 1.72 bits per heavy atom. The zero-order chi connectivity index (χ0) is 20.6. The highest BCUT2D eigenvalue weighted by Crippen LogP contribution is 2.68. The van der Waals surface area contributed by atoms with Crippen LogP contribution in [0.3, 0.4) is 0 Å². The topological polar surface area (TPSA) is 66.8 Å². The molecule has 4 heteroatoms. The third-order valence-corrected chi connectivity index (χ3v) is 10.3. The van der Waals surface area contributed by atoms with Crippen LogP contribution in [-0.2, 0) is 9.53 Å². The van der Waals surface area contributed by atoms with Crippen molar-refractivity contribution < 1.29 is 19.7 Å². The van der Waals surface area contributed by atoms with Crippen LogP contribution in [0.2, 0.25) is 0 Å². The number of hydrogen-bond acceptors (Lipinski definition) is 4. The van der Waals surface area contributed by atoms with Gasteiger partial charge in [0.2, 0.25) is 0 Å². The number of carbonyl (C=O) groups excluding carboxylic acids is 1. The maximum absolute atomic E-state index is 13.5. The van der Waals surface area contributed by atoms with Crippen molar-refractivity contribution in [3.8, 4) is 0 Å². The third-order valence-electron chi connectivity index (χ3n) is 10.3. The SMILES string of the molecule is COC1([C@H]2C(=O)CC3C4C(O)C=C5C[C@@H](O)CC[C@]5(C)C4CC[C@@]32C)CCCC1. The van der Waals surface area contributed by atoms with Crippen LogP contribution < -0.4 is 0 Å². The molecule has 0 aromatic heterocycles. The van der Waals surface area contributed by atoms with Gasteiger partial charge in [-0.2, -0.15) is 0 Å². The van der Waals surface area contributed by atoms with Gasteiger partial charge in [-0.15, -0.1) is 0 Å². The van der Waals surface area contributed by atoms with Gasteiger partial charge in [-0.3, -0.25) is 4.79 Å². The molecule has 0 heterocycles. The quantitative estimate of drug-likeness (QED) is 0.684. The normalized spacial score (nSPS) is 51.2. The largest absolute Gasteiger partial charge is 0.393 e. The molecular weight excluding hydrogens is 364 g/mol. The van der Waals surface area contributed by atoms with E-state index >= 15 is 0 Å². The van der Waals surface area contributed by atoms with E-state index in [9.17, 15) is 15.0 Å². The first kappa shape index (κ1) is 20.2. The number of aliphatic hydroxyl groups is 2. The van der Waals surface area contributed by atoms with Crippen LogP contribution in [-0.4, -0.2) is 40.9 Å². The molecule has 4 nitrogen and oxygen atoms in total. The van der Waals surface area contributed by atoms with Gasteiger partial charge in [0.15, 0.2) is 0 Å². The molecule has 5 aliphatic carbocycles. The first-order valence-corrected chi connectivity index (χ1v) is 11.9. The van der Waals surface area contributed by atoms with Gasteiger partial charge in [0.05, 0.1) is 23.7 Å². The molecule has 2 N–H and O–H groups in total. The van der Waals surface area contributed by atoms with Crippen LogP contribution in [0.4, 0.5) is 0 Å². The molecule has 4 saturated carbocycles. The minimum Gasteiger partial charge on any atom is -0.393 e. The fraction of sp³-hybridized carbons (Fsp3) is 0.880. The fourth-order valence-electron chi connectivity index (χ4n) is 8.91. The van der Waals surface area contributed by atoms with E-state index < -0.39 is 6.10 Å². The predicted octanol–water partition coefficient (Wildman–Crippen LogP) is 4.04. The van der Waals surface area contributed by atoms with Crippen molar-refractivity contribution in [1.29, 1.82) is 0 Å². The van der Waals surface area contributed by atoms with Crippen molar-refractivity contribution >= 4 is 5.78 Å². The summed E-state index contributed by atoms with van der Waals surface area (Å²) in [5.74, 6) is 1.17. The van der Waals surface area contributed by atoms with Crippen molar-refractivity contribution in [2.24, 2.45) is 34.5 Å². The van der Waals surface area contributed by atoms with E-state index in [1.54, 1.807) is 7.11 Å². The predicted molar refractivity (Wildman–Crippen MR) is 111 cm³/mol. The van der Waals surface area contributed by atoms with Crippen LogP contribution in [0.1, 0.15) is 78.1 Å². The lowest BCUT2D eigenvalue weighted by Gasteiger charge is -2.59. The number of ketones is 1. The average molecular weight is 403 g/mol. The number of carbonyl (C=O) groups is 1. The van der Waals surface area contributed by atoms with Crippen LogP contribution in [0.5, 0.6) is 0 Å². The van der Waals surface area contributed by atoms with E-state index in [1.165, 1.54) is 5.57 Å². The van der Waals surface area contributed by atoms with Crippen molar-refractivity contribution in [2.75, 3.05) is 7.11 Å². The van der Waals surface area contributed by atoms with Crippen LogP contribution in [0.25, 0.3) is 0 Å². The Kier molecular flexibility index (Phi) is 4.63. The molecule has 162 valence electrons. The number of methoxy groups -OCH3 is 1. The standard InChI is InChI=1S/C25H38O4/c1-23-10-6-16(26)12-15(23)13-19(27)21-17(23)7-11-24(2)18(21)14-20(28)22(24)25(29-3)8-4-5-9-25/h13,16-19,21-22,26-27H,4-12,14H2,1-3H3/t16-,17?,18?,19?,21?,22-,23-,24-/m0/s1. The van der Waals surface area contributed by atoms with E-state index in [0.29, 0.717) is 24.5 Å². The number of fused-ring (bicyclic) bond motifs is 5. The lowest BCUT2D eigenvalue weighted by atomic mass is 9.46. The molecule has 0 aromatic carbocycles. The zero-order valence-electron chi connectivity index (χ0n) is 18.3. The number of hydrogen-bond donors (Lipinski definition) is 2. The Balaban J connectivity index is 1.53. The van der Waals surface area contributed by atoms with Gasteiger partial charge in [-0.05, 0) is 73.5 Å². The van der Waals surface area contributed by atoms with Gasteiger partial charge < -0.3 is 14.9 Å². The monoisotopic (exact) mass is 402 g/mol. The third kappa shape index (κ3) is 2.64. The van der Waals surface area contributed by atoms with E-state index in [-0.39, 0.29) is 40.3 Å². The van der Waals surface area contributed by atoms with Gasteiger partial charge in [0.25, 0.3) is 0 Å². The van der Waals surface area contributed by atoms with Crippen LogP contribution >= 0.6 is 0 Å². The van der Waals surface area contributed by atoms with Gasteiger partial charge in [-0.1, -0.05) is 38.3 Å². The minimum absolute atomic E-state index is 0.0213. The molecule has 8 atom stereocenters. The number of aliphatic hydroxyl groups excluding tert-OH is 2. The van der Waals surface area contributed by atoms with Crippen molar-refractivity contribution in [2.45, 2.75) is 95.9 Å². The van der Waals surface area contributed by atoms with Crippen molar-refractivity contribution in [3.63, 3.8) is 0 Å². The molecule has 0 spiro atoms. The first-order valence-electron chi connectivity index (χ1n) is 11.9. The van der Waals surface area contributed by atoms with E-state index in [4.69, 9.17) is 4.74 Å². The highest BCUT2D eigenvalue weighted by atomic mass is 16.5. The second-order valence-corrected chi connectivity index (χ2v) is 11.4. The molecule has 29 heavy (non-hydrogen) atoms. The summed E-state index contributed by atoms with van der Waals surface area (Å²) in [7, 11) is 1.81. The first-order chi connectivity index (χ1) is 13.7. The Labute approximate surface area is 175 Å². The molecule has 5 rings (SSSR count). The highest BCUT2D eigenvalue weighted by molar-refractivity contribution is 5.86. The van der Waals surface area contributed by atoms with Gasteiger partial charge >= 0.3 is 0 Å². The Bertz CT molecular complexity index is 722. The minimum atomic E-state index is -0.494. The number of ether oxygens (including phenoxy) is 1. The summed E-state index contributed by atoms with van der Waals surface area (Å²) in [6.45, 7) is 4.69. The molecule has 0 amide bonds. The molecule has 0 saturated heterocycles. The molecular formula is C25H38O4. The lowest BCUT2D eigenvalue weighted by molar-refractivity contribution is -0.150. The van der Waals surface area contributed by atoms with E-state index in [0.717, 1.165) is 51.4 Å². The molecule has 4 fully saturated rings. The highest BCUT2D eigenvalue weighted by Gasteiger charge is 2.67. The molecule has 5 aliphatic rings. The Morgan fingerprint density at radius 3 is 2.41 bits per heavy atom. The molecule has 0 radical (unpaired) electrons. The van der Waals surface area contributed by atoms with Gasteiger partial charge in [0.1, 0.15) is 5.78 Å². The van der Waals surface area contributed by atoms with E-state index in [1.807, 2.05) is 0 Å². The van der Waals surface area contributed by atoms with Crippen LogP contribution in [0, 0.1) is 34.5 Å². The van der Waals surface area contributed by atoms with Crippen molar-refractivity contribution in [1.82, 2.24) is 0 Å². The average Bonchev–Trinajstić information content (AvgIpc) is 3.25. The summed E-state index contributed by atoms with van der Waals surface area (Å²) in [4.78, 5) is 13.5. The second kappa shape index (κ2) is 6.64. The summed E-state index contributed by atoms with van der Waals surface area (Å²) in [6, 6.07) is 0. The molecule has 0 aromatic rings. The van der Waals surface area contributed by atoms with Gasteiger partial charge in [-0.25, -0.2) is 0 Å². The van der Waals surface area contributed by atoms with Crippen molar-refractivity contribution in [3.05, 3.63) is 11.6 Å². The maximum Gasteiger partial charge on any atom is 0.139 e. The smallest absolute Gasteiger partial charge is 0.139 e. The van der Waals surface area contributed by atoms with E-state index in [2.05, 4.69) is 19.9 Å². The molecule has 0 aliphatic heterocycles. The zero-order valence-corrected chi connectivity index (χ0v) is 18.3. The summed E-state index contributed by atoms with van der Waals surface area (Å²) < 4.78 is 6.12. The Morgan fingerprint density at radius 1 is 1.00 bits per heavy atom.